The molecule has 0 saturated heterocycles. The lowest BCUT2D eigenvalue weighted by molar-refractivity contribution is -0.137. The lowest BCUT2D eigenvalue weighted by Gasteiger charge is -2.12. The van der Waals surface area contributed by atoms with Crippen molar-refractivity contribution < 1.29 is 14.7 Å². The number of carboxylic acids is 1. The molecule has 1 atom stereocenters. The highest BCUT2D eigenvalue weighted by atomic mass is 16.4. The maximum atomic E-state index is 10.5. The number of aliphatic carboxylic acids is 1. The molecule has 0 aromatic carbocycles. The van der Waals surface area contributed by atoms with Crippen LogP contribution in [-0.4, -0.2) is 23.0 Å². The number of rotatable bonds is 4. The van der Waals surface area contributed by atoms with Crippen molar-refractivity contribution in [2.24, 2.45) is 0 Å². The Balaban J connectivity index is 3.76. The summed E-state index contributed by atoms with van der Waals surface area (Å²) in [4.78, 5) is 20.7. The van der Waals surface area contributed by atoms with Gasteiger partial charge in [-0.25, -0.2) is 0 Å². The molecule has 11 heavy (non-hydrogen) atoms. The Morgan fingerprint density at radius 2 is 2.09 bits per heavy atom. The average Bonchev–Trinajstić information content (AvgIpc) is 1.84. The number of amides is 1. The molecule has 0 unspecified atom stereocenters. The van der Waals surface area contributed by atoms with Crippen molar-refractivity contribution >= 4 is 11.9 Å². The minimum absolute atomic E-state index is 0.00389. The third-order valence-electron chi connectivity index (χ3n) is 1.32. The van der Waals surface area contributed by atoms with Crippen LogP contribution in [0.3, 0.4) is 0 Å². The minimum Gasteiger partial charge on any atom is -0.481 e. The van der Waals surface area contributed by atoms with Crippen LogP contribution in [0.5, 0.6) is 0 Å². The minimum atomic E-state index is -0.884. The molecule has 0 aliphatic heterocycles. The van der Waals surface area contributed by atoms with Gasteiger partial charge in [-0.2, -0.15) is 0 Å². The van der Waals surface area contributed by atoms with E-state index in [-0.39, 0.29) is 18.4 Å². The summed E-state index contributed by atoms with van der Waals surface area (Å²) in [7, 11) is 0. The highest BCUT2D eigenvalue weighted by Crippen LogP contribution is 1.96. The van der Waals surface area contributed by atoms with Crippen molar-refractivity contribution in [1.29, 1.82) is 0 Å². The van der Waals surface area contributed by atoms with Crippen LogP contribution in [0, 0.1) is 0 Å². The van der Waals surface area contributed by atoms with E-state index in [0.29, 0.717) is 6.42 Å². The second kappa shape index (κ2) is 4.71. The van der Waals surface area contributed by atoms with E-state index in [0.717, 1.165) is 0 Å². The largest absolute Gasteiger partial charge is 0.481 e. The zero-order valence-electron chi connectivity index (χ0n) is 6.76. The van der Waals surface area contributed by atoms with Gasteiger partial charge in [0.15, 0.2) is 0 Å². The fraction of sp³-hybridized carbons (Fsp3) is 0.714. The molecule has 4 nitrogen and oxygen atoms in total. The normalized spacial score (nSPS) is 12.2. The second-order valence-corrected chi connectivity index (χ2v) is 2.40. The van der Waals surface area contributed by atoms with Gasteiger partial charge in [-0.1, -0.05) is 6.92 Å². The van der Waals surface area contributed by atoms with Crippen molar-refractivity contribution in [1.82, 2.24) is 5.32 Å². The number of hydrogen-bond donors (Lipinski definition) is 2. The molecule has 1 amide bonds. The number of hydrogen-bond acceptors (Lipinski definition) is 2. The van der Waals surface area contributed by atoms with E-state index < -0.39 is 5.97 Å². The number of nitrogens with one attached hydrogen (secondary N) is 1. The summed E-state index contributed by atoms with van der Waals surface area (Å²) >= 11 is 0. The van der Waals surface area contributed by atoms with Crippen LogP contribution in [0.15, 0.2) is 0 Å². The smallest absolute Gasteiger partial charge is 0.305 e. The van der Waals surface area contributed by atoms with Crippen LogP contribution in [0.1, 0.15) is 26.7 Å². The lowest BCUT2D eigenvalue weighted by Crippen LogP contribution is -2.34. The van der Waals surface area contributed by atoms with E-state index in [1.165, 1.54) is 6.92 Å². The third-order valence-corrected chi connectivity index (χ3v) is 1.32. The highest BCUT2D eigenvalue weighted by Gasteiger charge is 2.10. The Labute approximate surface area is 65.6 Å². The molecular formula is C7H13NO3. The maximum absolute atomic E-state index is 10.5. The predicted molar refractivity (Wildman–Crippen MR) is 40.1 cm³/mol. The van der Waals surface area contributed by atoms with Crippen molar-refractivity contribution in [3.63, 3.8) is 0 Å². The van der Waals surface area contributed by atoms with E-state index >= 15 is 0 Å². The molecule has 0 aromatic rings. The van der Waals surface area contributed by atoms with E-state index in [1.807, 2.05) is 6.92 Å². The number of carbonyl (C=O) groups excluding carboxylic acids is 1. The van der Waals surface area contributed by atoms with Gasteiger partial charge in [0.1, 0.15) is 0 Å². The van der Waals surface area contributed by atoms with Crippen LogP contribution in [0.4, 0.5) is 0 Å². The molecule has 64 valence electrons. The van der Waals surface area contributed by atoms with Crippen LogP contribution in [-0.2, 0) is 9.59 Å². The van der Waals surface area contributed by atoms with Gasteiger partial charge >= 0.3 is 5.97 Å². The van der Waals surface area contributed by atoms with Gasteiger partial charge in [-0.3, -0.25) is 9.59 Å². The molecule has 0 saturated carbocycles. The number of carboxylic acid groups (broad SMARTS) is 1. The van der Waals surface area contributed by atoms with Crippen molar-refractivity contribution in [2.45, 2.75) is 32.7 Å². The second-order valence-electron chi connectivity index (χ2n) is 2.40. The van der Waals surface area contributed by atoms with Crippen LogP contribution >= 0.6 is 0 Å². The van der Waals surface area contributed by atoms with Crippen molar-refractivity contribution in [2.75, 3.05) is 0 Å². The first-order valence-corrected chi connectivity index (χ1v) is 3.55. The average molecular weight is 159 g/mol. The van der Waals surface area contributed by atoms with Gasteiger partial charge in [0.05, 0.1) is 6.42 Å². The van der Waals surface area contributed by atoms with Gasteiger partial charge < -0.3 is 10.4 Å². The standard InChI is InChI=1S/C7H13NO3/c1-3-6(4-7(10)11)8-5(2)9/h6H,3-4H2,1-2H3,(H,8,9)(H,10,11)/t6-/m1/s1. The quantitative estimate of drug-likeness (QED) is 0.623. The summed E-state index contributed by atoms with van der Waals surface area (Å²) in [5, 5.41) is 10.9. The zero-order valence-corrected chi connectivity index (χ0v) is 6.76. The maximum Gasteiger partial charge on any atom is 0.305 e. The van der Waals surface area contributed by atoms with Crippen LogP contribution < -0.4 is 5.32 Å². The van der Waals surface area contributed by atoms with Crippen molar-refractivity contribution in [3.05, 3.63) is 0 Å². The molecule has 0 heterocycles. The molecule has 2 N–H and O–H groups in total. The first-order valence-electron chi connectivity index (χ1n) is 3.55. The van der Waals surface area contributed by atoms with Crippen LogP contribution in [0.25, 0.3) is 0 Å². The molecular weight excluding hydrogens is 146 g/mol. The summed E-state index contributed by atoms with van der Waals surface area (Å²) in [6.07, 6.45) is 0.641. The fourth-order valence-corrected chi connectivity index (χ4v) is 0.796. The molecule has 0 fully saturated rings. The molecule has 0 radical (unpaired) electrons. The summed E-state index contributed by atoms with van der Waals surface area (Å²) in [5.41, 5.74) is 0. The summed E-state index contributed by atoms with van der Waals surface area (Å²) in [5.74, 6) is -1.07. The van der Waals surface area contributed by atoms with E-state index in [9.17, 15) is 9.59 Å². The molecule has 4 heteroatoms. The van der Waals surface area contributed by atoms with Gasteiger partial charge in [-0.05, 0) is 6.42 Å². The molecule has 0 aliphatic carbocycles. The van der Waals surface area contributed by atoms with E-state index in [1.54, 1.807) is 0 Å². The summed E-state index contributed by atoms with van der Waals surface area (Å²) in [6.45, 7) is 3.22. The molecule has 0 aromatic heterocycles. The summed E-state index contributed by atoms with van der Waals surface area (Å²) < 4.78 is 0. The topological polar surface area (TPSA) is 66.4 Å². The Morgan fingerprint density at radius 1 is 1.55 bits per heavy atom. The fourth-order valence-electron chi connectivity index (χ4n) is 0.796. The Morgan fingerprint density at radius 3 is 2.36 bits per heavy atom. The highest BCUT2D eigenvalue weighted by molar-refractivity contribution is 5.74. The summed E-state index contributed by atoms with van der Waals surface area (Å²) in [6, 6.07) is -0.231. The third kappa shape index (κ3) is 5.39. The van der Waals surface area contributed by atoms with Gasteiger partial charge in [0.25, 0.3) is 0 Å². The Kier molecular flexibility index (Phi) is 4.26. The van der Waals surface area contributed by atoms with Gasteiger partial charge in [0, 0.05) is 13.0 Å². The Hall–Kier alpha value is -1.06. The molecule has 0 aliphatic rings. The van der Waals surface area contributed by atoms with Gasteiger partial charge in [-0.15, -0.1) is 0 Å². The molecule has 0 bridgehead atoms. The Bertz CT molecular complexity index is 140. The van der Waals surface area contributed by atoms with Crippen molar-refractivity contribution in [3.8, 4) is 0 Å². The lowest BCUT2D eigenvalue weighted by atomic mass is 10.1. The molecule has 0 spiro atoms. The molecule has 0 rings (SSSR count). The predicted octanol–water partition coefficient (Wildman–Crippen LogP) is 0.376. The van der Waals surface area contributed by atoms with Crippen LogP contribution in [0.2, 0.25) is 0 Å². The van der Waals surface area contributed by atoms with E-state index in [2.05, 4.69) is 5.32 Å². The van der Waals surface area contributed by atoms with E-state index in [4.69, 9.17) is 5.11 Å². The SMILES string of the molecule is CC[C@H](CC(=O)O)NC(C)=O. The first kappa shape index (κ1) is 9.94. The van der Waals surface area contributed by atoms with Gasteiger partial charge in [0.2, 0.25) is 5.91 Å². The monoisotopic (exact) mass is 159 g/mol. The zero-order chi connectivity index (χ0) is 8.85. The number of carbonyl (C=O) groups is 2. The first-order chi connectivity index (χ1) is 5.06.